The molecule has 0 saturated carbocycles. The quantitative estimate of drug-likeness (QED) is 0.372. The van der Waals surface area contributed by atoms with Crippen molar-refractivity contribution < 1.29 is 9.59 Å². The predicted octanol–water partition coefficient (Wildman–Crippen LogP) is 3.45. The van der Waals surface area contributed by atoms with Crippen LogP contribution < -0.4 is 22.1 Å². The lowest BCUT2D eigenvalue weighted by Crippen LogP contribution is -2.37. The van der Waals surface area contributed by atoms with Gasteiger partial charge in [-0.3, -0.25) is 9.59 Å². The Morgan fingerprint density at radius 1 is 1.00 bits per heavy atom. The van der Waals surface area contributed by atoms with Crippen molar-refractivity contribution in [1.82, 2.24) is 10.3 Å². The van der Waals surface area contributed by atoms with Crippen molar-refractivity contribution in [2.45, 2.75) is 12.6 Å². The molecular formula is C23H21N5O2S. The fourth-order valence-corrected chi connectivity index (χ4v) is 4.01. The van der Waals surface area contributed by atoms with E-state index in [1.807, 2.05) is 30.3 Å². The van der Waals surface area contributed by atoms with E-state index >= 15 is 0 Å². The van der Waals surface area contributed by atoms with Crippen molar-refractivity contribution in [2.24, 2.45) is 5.73 Å². The molecule has 156 valence electrons. The second kappa shape index (κ2) is 8.95. The van der Waals surface area contributed by atoms with Gasteiger partial charge in [-0.2, -0.15) is 0 Å². The maximum Gasteiger partial charge on any atom is 0.252 e. The molecule has 0 spiro atoms. The first-order valence-electron chi connectivity index (χ1n) is 9.65. The summed E-state index contributed by atoms with van der Waals surface area (Å²) < 4.78 is 0.870. The monoisotopic (exact) mass is 431 g/mol. The van der Waals surface area contributed by atoms with E-state index in [2.05, 4.69) is 15.6 Å². The van der Waals surface area contributed by atoms with Gasteiger partial charge in [-0.25, -0.2) is 4.98 Å². The van der Waals surface area contributed by atoms with E-state index < -0.39 is 6.04 Å². The lowest BCUT2D eigenvalue weighted by atomic mass is 10.0. The number of amides is 2. The van der Waals surface area contributed by atoms with Gasteiger partial charge in [0.1, 0.15) is 6.04 Å². The Morgan fingerprint density at radius 2 is 1.81 bits per heavy atom. The van der Waals surface area contributed by atoms with Gasteiger partial charge < -0.3 is 22.1 Å². The standard InChI is InChI=1S/C23H21N5O2S/c24-13-14-5-4-8-16(11-14)21(29)28-20(15-6-2-1-3-7-15)22(30)26-17-9-10-18-19(12-17)31-23(25)27-18/h1-12,20H,13,24H2,(H2,25,27)(H,26,30)(H,28,29)/t20-/m1/s1. The van der Waals surface area contributed by atoms with Crippen molar-refractivity contribution in [1.29, 1.82) is 0 Å². The van der Waals surface area contributed by atoms with Crippen molar-refractivity contribution in [2.75, 3.05) is 11.1 Å². The zero-order valence-corrected chi connectivity index (χ0v) is 17.4. The molecule has 0 aliphatic carbocycles. The first-order chi connectivity index (χ1) is 15.0. The van der Waals surface area contributed by atoms with Crippen molar-refractivity contribution in [3.63, 3.8) is 0 Å². The number of rotatable bonds is 6. The van der Waals surface area contributed by atoms with Crippen LogP contribution in [0.1, 0.15) is 27.5 Å². The number of nitrogens with zero attached hydrogens (tertiary/aromatic N) is 1. The number of nitrogens with two attached hydrogens (primary N) is 2. The van der Waals surface area contributed by atoms with E-state index in [1.165, 1.54) is 11.3 Å². The highest BCUT2D eigenvalue weighted by molar-refractivity contribution is 7.22. The topological polar surface area (TPSA) is 123 Å². The second-order valence-electron chi connectivity index (χ2n) is 6.95. The van der Waals surface area contributed by atoms with Gasteiger partial charge in [0.25, 0.3) is 11.8 Å². The number of benzene rings is 3. The SMILES string of the molecule is NCc1cccc(C(=O)N[C@@H](C(=O)Nc2ccc3nc(N)sc3c2)c2ccccc2)c1. The zero-order chi connectivity index (χ0) is 21.8. The summed E-state index contributed by atoms with van der Waals surface area (Å²) in [5, 5.41) is 6.19. The first-order valence-corrected chi connectivity index (χ1v) is 10.5. The molecule has 1 atom stereocenters. The van der Waals surface area contributed by atoms with Gasteiger partial charge in [-0.1, -0.05) is 53.8 Å². The minimum absolute atomic E-state index is 0.328. The second-order valence-corrected chi connectivity index (χ2v) is 8.01. The Morgan fingerprint density at radius 3 is 2.58 bits per heavy atom. The van der Waals surface area contributed by atoms with Crippen LogP contribution in [-0.4, -0.2) is 16.8 Å². The number of anilines is 2. The smallest absolute Gasteiger partial charge is 0.252 e. The molecule has 0 unspecified atom stereocenters. The largest absolute Gasteiger partial charge is 0.375 e. The number of hydrogen-bond acceptors (Lipinski definition) is 6. The molecule has 0 bridgehead atoms. The summed E-state index contributed by atoms with van der Waals surface area (Å²) in [6.45, 7) is 0.328. The summed E-state index contributed by atoms with van der Waals surface area (Å²) in [5.41, 5.74) is 14.8. The average Bonchev–Trinajstić information content (AvgIpc) is 3.17. The minimum Gasteiger partial charge on any atom is -0.375 e. The number of hydrogen-bond donors (Lipinski definition) is 4. The number of nitrogen functional groups attached to an aromatic ring is 1. The highest BCUT2D eigenvalue weighted by Crippen LogP contribution is 2.27. The van der Waals surface area contributed by atoms with Gasteiger partial charge in [-0.05, 0) is 41.5 Å². The molecule has 7 nitrogen and oxygen atoms in total. The number of thiazole rings is 1. The summed E-state index contributed by atoms with van der Waals surface area (Å²) in [4.78, 5) is 30.3. The fourth-order valence-electron chi connectivity index (χ4n) is 3.23. The molecule has 0 aliphatic rings. The number of aromatic nitrogens is 1. The molecule has 0 saturated heterocycles. The van der Waals surface area contributed by atoms with Gasteiger partial charge in [-0.15, -0.1) is 0 Å². The number of carbonyl (C=O) groups excluding carboxylic acids is 2. The van der Waals surface area contributed by atoms with Crippen molar-refractivity contribution in [3.8, 4) is 0 Å². The van der Waals surface area contributed by atoms with Crippen LogP contribution in [-0.2, 0) is 11.3 Å². The summed E-state index contributed by atoms with van der Waals surface area (Å²) in [5.74, 6) is -0.712. The van der Waals surface area contributed by atoms with E-state index in [0.29, 0.717) is 28.5 Å². The molecule has 4 rings (SSSR count). The van der Waals surface area contributed by atoms with E-state index in [0.717, 1.165) is 15.8 Å². The third-order valence-electron chi connectivity index (χ3n) is 4.77. The first kappa shape index (κ1) is 20.5. The van der Waals surface area contributed by atoms with Crippen LogP contribution in [0.5, 0.6) is 0 Å². The Kier molecular flexibility index (Phi) is 5.92. The van der Waals surface area contributed by atoms with Crippen LogP contribution in [0.2, 0.25) is 0 Å². The van der Waals surface area contributed by atoms with Crippen LogP contribution in [0.3, 0.4) is 0 Å². The maximum absolute atomic E-state index is 13.2. The highest BCUT2D eigenvalue weighted by Gasteiger charge is 2.23. The van der Waals surface area contributed by atoms with Gasteiger partial charge >= 0.3 is 0 Å². The van der Waals surface area contributed by atoms with Gasteiger partial charge in [0.2, 0.25) is 0 Å². The fraction of sp³-hybridized carbons (Fsp3) is 0.0870. The number of carbonyl (C=O) groups is 2. The van der Waals surface area contributed by atoms with Gasteiger partial charge in [0.05, 0.1) is 10.2 Å². The molecule has 31 heavy (non-hydrogen) atoms. The normalized spacial score (nSPS) is 11.8. The van der Waals surface area contributed by atoms with Crippen LogP contribution in [0, 0.1) is 0 Å². The maximum atomic E-state index is 13.2. The van der Waals surface area contributed by atoms with Crippen LogP contribution in [0.15, 0.2) is 72.8 Å². The predicted molar refractivity (Wildman–Crippen MR) is 124 cm³/mol. The molecule has 8 heteroatoms. The van der Waals surface area contributed by atoms with E-state index in [1.54, 1.807) is 42.5 Å². The van der Waals surface area contributed by atoms with Crippen LogP contribution in [0.4, 0.5) is 10.8 Å². The van der Waals surface area contributed by atoms with E-state index in [4.69, 9.17) is 11.5 Å². The molecule has 1 heterocycles. The molecular weight excluding hydrogens is 410 g/mol. The molecule has 0 aliphatic heterocycles. The molecule has 6 N–H and O–H groups in total. The molecule has 4 aromatic rings. The third kappa shape index (κ3) is 4.71. The summed E-state index contributed by atoms with van der Waals surface area (Å²) >= 11 is 1.34. The van der Waals surface area contributed by atoms with E-state index in [9.17, 15) is 9.59 Å². The summed E-state index contributed by atoms with van der Waals surface area (Å²) in [6, 6.07) is 20.6. The molecule has 0 radical (unpaired) electrons. The number of fused-ring (bicyclic) bond motifs is 1. The highest BCUT2D eigenvalue weighted by atomic mass is 32.1. The zero-order valence-electron chi connectivity index (χ0n) is 16.5. The molecule has 3 aromatic carbocycles. The van der Waals surface area contributed by atoms with Crippen molar-refractivity contribution >= 4 is 44.2 Å². The lowest BCUT2D eigenvalue weighted by molar-refractivity contribution is -0.118. The molecule has 0 fully saturated rings. The van der Waals surface area contributed by atoms with Crippen LogP contribution >= 0.6 is 11.3 Å². The summed E-state index contributed by atoms with van der Waals surface area (Å²) in [7, 11) is 0. The Bertz CT molecular complexity index is 1240. The Hall–Kier alpha value is -3.75. The van der Waals surface area contributed by atoms with E-state index in [-0.39, 0.29) is 11.8 Å². The molecule has 2 amide bonds. The number of nitrogens with one attached hydrogen (secondary N) is 2. The lowest BCUT2D eigenvalue weighted by Gasteiger charge is -2.19. The van der Waals surface area contributed by atoms with Crippen molar-refractivity contribution in [3.05, 3.63) is 89.5 Å². The minimum atomic E-state index is -0.877. The Labute approximate surface area is 183 Å². The van der Waals surface area contributed by atoms with Crippen LogP contribution in [0.25, 0.3) is 10.2 Å². The summed E-state index contributed by atoms with van der Waals surface area (Å²) in [6.07, 6.45) is 0. The molecule has 1 aromatic heterocycles. The Balaban J connectivity index is 1.59. The van der Waals surface area contributed by atoms with Gasteiger partial charge in [0.15, 0.2) is 5.13 Å². The third-order valence-corrected chi connectivity index (χ3v) is 5.62. The average molecular weight is 432 g/mol. The van der Waals surface area contributed by atoms with Gasteiger partial charge in [0, 0.05) is 17.8 Å².